The highest BCUT2D eigenvalue weighted by molar-refractivity contribution is 5.95. The molecule has 106 valence electrons. The fourth-order valence-electron chi connectivity index (χ4n) is 1.93. The minimum absolute atomic E-state index is 0.00398. The number of hydrogen-bond donors (Lipinski definition) is 3. The molecule has 0 radical (unpaired) electrons. The number of carbonyl (C=O) groups excluding carboxylic acids is 1. The van der Waals surface area contributed by atoms with Crippen molar-refractivity contribution in [2.75, 3.05) is 26.7 Å². The molecule has 1 aromatic rings. The van der Waals surface area contributed by atoms with Crippen LogP contribution in [0.2, 0.25) is 0 Å². The first-order chi connectivity index (χ1) is 9.29. The van der Waals surface area contributed by atoms with Gasteiger partial charge < -0.3 is 15.7 Å². The van der Waals surface area contributed by atoms with Crippen molar-refractivity contribution in [2.24, 2.45) is 0 Å². The van der Waals surface area contributed by atoms with Gasteiger partial charge in [-0.25, -0.2) is 0 Å². The summed E-state index contributed by atoms with van der Waals surface area (Å²) in [5, 5.41) is 14.7. The molecule has 0 fully saturated rings. The standard InChI is InChI=1S/C15H24N2O2/c1-16-11-9-13-7-3-4-8-14(13)15(19)17-10-5-2-6-12-18/h3-4,7-8,16,18H,2,5-6,9-12H2,1H3,(H,17,19). The molecule has 1 aromatic carbocycles. The molecule has 3 N–H and O–H groups in total. The van der Waals surface area contributed by atoms with E-state index in [-0.39, 0.29) is 12.5 Å². The number of benzene rings is 1. The van der Waals surface area contributed by atoms with Crippen LogP contribution in [0, 0.1) is 0 Å². The van der Waals surface area contributed by atoms with Crippen LogP contribution in [-0.4, -0.2) is 37.8 Å². The Hall–Kier alpha value is -1.39. The molecular weight excluding hydrogens is 240 g/mol. The van der Waals surface area contributed by atoms with E-state index in [1.54, 1.807) is 0 Å². The van der Waals surface area contributed by atoms with Gasteiger partial charge in [0.2, 0.25) is 0 Å². The molecule has 0 spiro atoms. The normalized spacial score (nSPS) is 10.4. The summed E-state index contributed by atoms with van der Waals surface area (Å²) in [6.45, 7) is 1.75. The zero-order valence-corrected chi connectivity index (χ0v) is 11.6. The second kappa shape index (κ2) is 9.53. The summed E-state index contributed by atoms with van der Waals surface area (Å²) in [5.74, 6) is -0.00398. The van der Waals surface area contributed by atoms with Gasteiger partial charge in [-0.05, 0) is 50.9 Å². The lowest BCUT2D eigenvalue weighted by Crippen LogP contribution is -2.26. The molecule has 0 aromatic heterocycles. The number of likely N-dealkylation sites (N-methyl/N-ethyl adjacent to an activating group) is 1. The van der Waals surface area contributed by atoms with E-state index in [1.807, 2.05) is 31.3 Å². The van der Waals surface area contributed by atoms with E-state index < -0.39 is 0 Å². The highest BCUT2D eigenvalue weighted by Gasteiger charge is 2.09. The first-order valence-corrected chi connectivity index (χ1v) is 6.91. The molecular formula is C15H24N2O2. The van der Waals surface area contributed by atoms with Crippen molar-refractivity contribution < 1.29 is 9.90 Å². The minimum Gasteiger partial charge on any atom is -0.396 e. The van der Waals surface area contributed by atoms with Crippen molar-refractivity contribution in [3.8, 4) is 0 Å². The Morgan fingerprint density at radius 1 is 1.16 bits per heavy atom. The third kappa shape index (κ3) is 5.85. The van der Waals surface area contributed by atoms with Crippen molar-refractivity contribution in [3.63, 3.8) is 0 Å². The van der Waals surface area contributed by atoms with Gasteiger partial charge >= 0.3 is 0 Å². The van der Waals surface area contributed by atoms with Crippen LogP contribution in [0.4, 0.5) is 0 Å². The van der Waals surface area contributed by atoms with Crippen molar-refractivity contribution in [1.29, 1.82) is 0 Å². The van der Waals surface area contributed by atoms with Gasteiger partial charge in [0.25, 0.3) is 5.91 Å². The summed E-state index contributed by atoms with van der Waals surface area (Å²) in [6, 6.07) is 7.72. The summed E-state index contributed by atoms with van der Waals surface area (Å²) in [5.41, 5.74) is 1.84. The molecule has 0 atom stereocenters. The predicted octanol–water partition coefficient (Wildman–Crippen LogP) is 1.34. The molecule has 1 amide bonds. The van der Waals surface area contributed by atoms with Gasteiger partial charge in [0, 0.05) is 18.7 Å². The third-order valence-electron chi connectivity index (χ3n) is 3.03. The summed E-state index contributed by atoms with van der Waals surface area (Å²) >= 11 is 0. The smallest absolute Gasteiger partial charge is 0.251 e. The third-order valence-corrected chi connectivity index (χ3v) is 3.03. The van der Waals surface area contributed by atoms with Crippen LogP contribution in [0.5, 0.6) is 0 Å². The van der Waals surface area contributed by atoms with Gasteiger partial charge in [0.1, 0.15) is 0 Å². The van der Waals surface area contributed by atoms with E-state index in [2.05, 4.69) is 10.6 Å². The van der Waals surface area contributed by atoms with Crippen LogP contribution < -0.4 is 10.6 Å². The molecule has 0 aliphatic heterocycles. The molecule has 19 heavy (non-hydrogen) atoms. The molecule has 4 nitrogen and oxygen atoms in total. The lowest BCUT2D eigenvalue weighted by atomic mass is 10.0. The average Bonchev–Trinajstić information content (AvgIpc) is 2.45. The van der Waals surface area contributed by atoms with Gasteiger partial charge in [-0.1, -0.05) is 18.2 Å². The Kier molecular flexibility index (Phi) is 7.86. The first-order valence-electron chi connectivity index (χ1n) is 6.91. The summed E-state index contributed by atoms with van der Waals surface area (Å²) in [7, 11) is 1.91. The van der Waals surface area contributed by atoms with Crippen molar-refractivity contribution in [1.82, 2.24) is 10.6 Å². The van der Waals surface area contributed by atoms with E-state index >= 15 is 0 Å². The molecule has 0 bridgehead atoms. The quantitative estimate of drug-likeness (QED) is 0.590. The number of unbranched alkanes of at least 4 members (excludes halogenated alkanes) is 2. The van der Waals surface area contributed by atoms with Crippen molar-refractivity contribution in [3.05, 3.63) is 35.4 Å². The van der Waals surface area contributed by atoms with Crippen molar-refractivity contribution in [2.45, 2.75) is 25.7 Å². The second-order valence-electron chi connectivity index (χ2n) is 4.55. The zero-order valence-electron chi connectivity index (χ0n) is 11.6. The van der Waals surface area contributed by atoms with Gasteiger partial charge in [-0.3, -0.25) is 4.79 Å². The number of nitrogens with one attached hydrogen (secondary N) is 2. The fourth-order valence-corrected chi connectivity index (χ4v) is 1.93. The molecule has 1 rings (SSSR count). The van der Waals surface area contributed by atoms with E-state index in [9.17, 15) is 4.79 Å². The van der Waals surface area contributed by atoms with Gasteiger partial charge in [-0.15, -0.1) is 0 Å². The van der Waals surface area contributed by atoms with Gasteiger partial charge in [-0.2, -0.15) is 0 Å². The number of rotatable bonds is 9. The Bertz CT molecular complexity index is 380. The Morgan fingerprint density at radius 2 is 1.95 bits per heavy atom. The second-order valence-corrected chi connectivity index (χ2v) is 4.55. The monoisotopic (exact) mass is 264 g/mol. The highest BCUT2D eigenvalue weighted by Crippen LogP contribution is 2.09. The number of amides is 1. The van der Waals surface area contributed by atoms with E-state index in [1.165, 1.54) is 0 Å². The SMILES string of the molecule is CNCCc1ccccc1C(=O)NCCCCCO. The zero-order chi connectivity index (χ0) is 13.9. The maximum atomic E-state index is 12.1. The lowest BCUT2D eigenvalue weighted by molar-refractivity contribution is 0.0952. The molecule has 0 unspecified atom stereocenters. The molecule has 0 aliphatic carbocycles. The Balaban J connectivity index is 2.46. The molecule has 0 heterocycles. The number of hydrogen-bond acceptors (Lipinski definition) is 3. The number of carbonyl (C=O) groups is 1. The largest absolute Gasteiger partial charge is 0.396 e. The maximum Gasteiger partial charge on any atom is 0.251 e. The topological polar surface area (TPSA) is 61.4 Å². The average molecular weight is 264 g/mol. The van der Waals surface area contributed by atoms with Gasteiger partial charge in [0.05, 0.1) is 0 Å². The number of aliphatic hydroxyl groups is 1. The van der Waals surface area contributed by atoms with Crippen LogP contribution in [0.1, 0.15) is 35.2 Å². The molecule has 4 heteroatoms. The summed E-state index contributed by atoms with van der Waals surface area (Å²) < 4.78 is 0. The minimum atomic E-state index is -0.00398. The fraction of sp³-hybridized carbons (Fsp3) is 0.533. The predicted molar refractivity (Wildman–Crippen MR) is 77.3 cm³/mol. The molecule has 0 aliphatic rings. The summed E-state index contributed by atoms with van der Waals surface area (Å²) in [4.78, 5) is 12.1. The van der Waals surface area contributed by atoms with Crippen LogP contribution in [0.15, 0.2) is 24.3 Å². The molecule has 0 saturated carbocycles. The van der Waals surface area contributed by atoms with Crippen molar-refractivity contribution >= 4 is 5.91 Å². The van der Waals surface area contributed by atoms with E-state index in [0.29, 0.717) is 6.54 Å². The van der Waals surface area contributed by atoms with Crippen LogP contribution in [0.3, 0.4) is 0 Å². The van der Waals surface area contributed by atoms with Gasteiger partial charge in [0.15, 0.2) is 0 Å². The Labute approximate surface area is 115 Å². The maximum absolute atomic E-state index is 12.1. The first kappa shape index (κ1) is 15.7. The van der Waals surface area contributed by atoms with Crippen LogP contribution >= 0.6 is 0 Å². The van der Waals surface area contributed by atoms with E-state index in [0.717, 1.165) is 43.4 Å². The molecule has 0 saturated heterocycles. The summed E-state index contributed by atoms with van der Waals surface area (Å²) in [6.07, 6.45) is 3.50. The number of aliphatic hydroxyl groups excluding tert-OH is 1. The van der Waals surface area contributed by atoms with Crippen LogP contribution in [0.25, 0.3) is 0 Å². The van der Waals surface area contributed by atoms with E-state index in [4.69, 9.17) is 5.11 Å². The highest BCUT2D eigenvalue weighted by atomic mass is 16.2. The lowest BCUT2D eigenvalue weighted by Gasteiger charge is -2.10. The Morgan fingerprint density at radius 3 is 2.68 bits per heavy atom. The van der Waals surface area contributed by atoms with Crippen LogP contribution in [-0.2, 0) is 6.42 Å².